The predicted molar refractivity (Wildman–Crippen MR) is 110 cm³/mol. The normalized spacial score (nSPS) is 15.0. The number of alkyl halides is 3. The summed E-state index contributed by atoms with van der Waals surface area (Å²) in [6, 6.07) is 0. The van der Waals surface area contributed by atoms with Crippen molar-refractivity contribution >= 4 is 12.0 Å². The Kier molecular flexibility index (Phi) is 6.52. The van der Waals surface area contributed by atoms with E-state index in [1.165, 1.54) is 28.9 Å². The fourth-order valence-corrected chi connectivity index (χ4v) is 3.37. The Bertz CT molecular complexity index is 1090. The molecule has 0 bridgehead atoms. The van der Waals surface area contributed by atoms with E-state index in [1.54, 1.807) is 30.7 Å². The monoisotopic (exact) mass is 470 g/mol. The summed E-state index contributed by atoms with van der Waals surface area (Å²) in [6.07, 6.45) is -2.56. The van der Waals surface area contributed by atoms with Gasteiger partial charge in [0.25, 0.3) is 0 Å². The topological polar surface area (TPSA) is 113 Å². The number of hydrogen-bond donors (Lipinski definition) is 1. The lowest BCUT2D eigenvalue weighted by Crippen LogP contribution is -2.52. The van der Waals surface area contributed by atoms with E-state index in [0.29, 0.717) is 26.2 Å². The molecule has 0 atom stereocenters. The number of aromatic nitrogens is 4. The number of hydrogen-bond acceptors (Lipinski definition) is 6. The van der Waals surface area contributed by atoms with E-state index < -0.39 is 29.3 Å². The fourth-order valence-electron chi connectivity index (χ4n) is 3.37. The zero-order chi connectivity index (χ0) is 24.6. The second-order valence-corrected chi connectivity index (χ2v) is 8.66. The lowest BCUT2D eigenvalue weighted by Gasteiger charge is -2.35. The number of halogens is 3. The Morgan fingerprint density at radius 2 is 1.73 bits per heavy atom. The molecule has 0 aromatic carbocycles. The highest BCUT2D eigenvalue weighted by Gasteiger charge is 2.35. The lowest BCUT2D eigenvalue weighted by atomic mass is 10.1. The van der Waals surface area contributed by atoms with E-state index in [2.05, 4.69) is 10.1 Å². The maximum Gasteiger partial charge on any atom is 0.431 e. The van der Waals surface area contributed by atoms with Crippen LogP contribution in [-0.4, -0.2) is 73.3 Å². The third-order valence-electron chi connectivity index (χ3n) is 4.95. The van der Waals surface area contributed by atoms with Crippen molar-refractivity contribution in [3.63, 3.8) is 0 Å². The van der Waals surface area contributed by atoms with Gasteiger partial charge in [0.15, 0.2) is 0 Å². The van der Waals surface area contributed by atoms with Crippen molar-refractivity contribution < 1.29 is 27.5 Å². The zero-order valence-corrected chi connectivity index (χ0v) is 18.7. The fraction of sp³-hybridized carbons (Fsp3) is 0.550. The number of carbonyl (C=O) groups is 2. The van der Waals surface area contributed by atoms with Gasteiger partial charge in [0.05, 0.1) is 11.9 Å². The highest BCUT2D eigenvalue weighted by molar-refractivity contribution is 5.77. The summed E-state index contributed by atoms with van der Waals surface area (Å²) >= 11 is 0. The minimum atomic E-state index is -4.74. The number of H-pyrrole nitrogens is 1. The Morgan fingerprint density at radius 1 is 1.12 bits per heavy atom. The van der Waals surface area contributed by atoms with Crippen molar-refractivity contribution in [3.05, 3.63) is 34.1 Å². The molecule has 33 heavy (non-hydrogen) atoms. The SMILES string of the molecule is Cc1c(-c2cnn(CC(=O)N3CCN(C(=O)OC(C)(C)C)CC3)c2)nc(=O)[nH]c1C(F)(F)F. The van der Waals surface area contributed by atoms with Gasteiger partial charge in [-0.05, 0) is 27.7 Å². The van der Waals surface area contributed by atoms with Crippen molar-refractivity contribution in [3.8, 4) is 11.3 Å². The average Bonchev–Trinajstić information content (AvgIpc) is 3.15. The number of rotatable bonds is 3. The molecule has 0 aliphatic carbocycles. The largest absolute Gasteiger partial charge is 0.444 e. The molecular weight excluding hydrogens is 445 g/mol. The molecule has 2 aromatic heterocycles. The van der Waals surface area contributed by atoms with Crippen LogP contribution in [0.1, 0.15) is 32.0 Å². The van der Waals surface area contributed by atoms with Crippen molar-refractivity contribution in [1.29, 1.82) is 0 Å². The van der Waals surface area contributed by atoms with Crippen LogP contribution in [0.2, 0.25) is 0 Å². The highest BCUT2D eigenvalue weighted by atomic mass is 19.4. The van der Waals surface area contributed by atoms with Crippen LogP contribution in [0.25, 0.3) is 11.3 Å². The Hall–Kier alpha value is -3.38. The van der Waals surface area contributed by atoms with Gasteiger partial charge in [0.1, 0.15) is 17.8 Å². The van der Waals surface area contributed by atoms with Crippen LogP contribution in [0.3, 0.4) is 0 Å². The summed E-state index contributed by atoms with van der Waals surface area (Å²) in [5.41, 5.74) is -3.13. The van der Waals surface area contributed by atoms with Crippen molar-refractivity contribution in [2.24, 2.45) is 0 Å². The van der Waals surface area contributed by atoms with E-state index in [-0.39, 0.29) is 29.3 Å². The molecule has 0 spiro atoms. The van der Waals surface area contributed by atoms with Crippen LogP contribution in [-0.2, 0) is 22.3 Å². The average molecular weight is 470 g/mol. The van der Waals surface area contributed by atoms with E-state index >= 15 is 0 Å². The Labute approximate surface area is 187 Å². The first-order valence-corrected chi connectivity index (χ1v) is 10.2. The van der Waals surface area contributed by atoms with Crippen LogP contribution in [0, 0.1) is 6.92 Å². The third kappa shape index (κ3) is 5.90. The van der Waals surface area contributed by atoms with E-state index in [4.69, 9.17) is 4.74 Å². The Balaban J connectivity index is 1.65. The number of amides is 2. The molecule has 2 amide bonds. The van der Waals surface area contributed by atoms with Crippen LogP contribution in [0.5, 0.6) is 0 Å². The van der Waals surface area contributed by atoms with Crippen molar-refractivity contribution in [1.82, 2.24) is 29.5 Å². The van der Waals surface area contributed by atoms with Gasteiger partial charge < -0.3 is 19.5 Å². The number of nitrogens with zero attached hydrogens (tertiary/aromatic N) is 5. The summed E-state index contributed by atoms with van der Waals surface area (Å²) in [7, 11) is 0. The number of ether oxygens (including phenoxy) is 1. The third-order valence-corrected chi connectivity index (χ3v) is 4.95. The van der Waals surface area contributed by atoms with Gasteiger partial charge in [-0.2, -0.15) is 23.3 Å². The molecule has 1 aliphatic rings. The molecule has 1 aliphatic heterocycles. The molecule has 10 nitrogen and oxygen atoms in total. The van der Waals surface area contributed by atoms with E-state index in [1.807, 2.05) is 0 Å². The molecule has 0 radical (unpaired) electrons. The Morgan fingerprint density at radius 3 is 2.30 bits per heavy atom. The maximum absolute atomic E-state index is 13.2. The number of carbonyl (C=O) groups excluding carboxylic acids is 2. The van der Waals surface area contributed by atoms with Gasteiger partial charge >= 0.3 is 18.0 Å². The highest BCUT2D eigenvalue weighted by Crippen LogP contribution is 2.32. The number of piperazine rings is 1. The van der Waals surface area contributed by atoms with Crippen LogP contribution in [0.4, 0.5) is 18.0 Å². The minimum Gasteiger partial charge on any atom is -0.444 e. The van der Waals surface area contributed by atoms with Gasteiger partial charge in [0.2, 0.25) is 5.91 Å². The molecule has 3 heterocycles. The summed E-state index contributed by atoms with van der Waals surface area (Å²) in [5.74, 6) is -0.264. The standard InChI is InChI=1S/C20H25F3N6O4/c1-12-15(25-17(31)26-16(12)20(21,22)23)13-9-24-29(10-13)11-14(30)27-5-7-28(8-6-27)18(32)33-19(2,3)4/h9-10H,5-8,11H2,1-4H3,(H,25,26,31). The van der Waals surface area contributed by atoms with Gasteiger partial charge in [-0.1, -0.05) is 0 Å². The molecule has 2 aromatic rings. The summed E-state index contributed by atoms with van der Waals surface area (Å²) < 4.78 is 46.1. The van der Waals surface area contributed by atoms with Gasteiger partial charge in [-0.15, -0.1) is 0 Å². The lowest BCUT2D eigenvalue weighted by molar-refractivity contribution is -0.141. The first-order chi connectivity index (χ1) is 15.2. The van der Waals surface area contributed by atoms with E-state index in [0.717, 1.165) is 0 Å². The van der Waals surface area contributed by atoms with Gasteiger partial charge in [-0.3, -0.25) is 9.48 Å². The second-order valence-electron chi connectivity index (χ2n) is 8.66. The smallest absolute Gasteiger partial charge is 0.431 e. The quantitative estimate of drug-likeness (QED) is 0.735. The molecular formula is C20H25F3N6O4. The molecule has 0 unspecified atom stereocenters. The molecule has 1 saturated heterocycles. The summed E-state index contributed by atoms with van der Waals surface area (Å²) in [6.45, 7) is 7.64. The van der Waals surface area contributed by atoms with Crippen LogP contribution in [0.15, 0.2) is 17.2 Å². The first kappa shape index (κ1) is 24.3. The van der Waals surface area contributed by atoms with Crippen LogP contribution >= 0.6 is 0 Å². The first-order valence-electron chi connectivity index (χ1n) is 10.2. The van der Waals surface area contributed by atoms with E-state index in [9.17, 15) is 27.6 Å². The molecule has 180 valence electrons. The van der Waals surface area contributed by atoms with Crippen LogP contribution < -0.4 is 5.69 Å². The summed E-state index contributed by atoms with van der Waals surface area (Å²) in [4.78, 5) is 44.9. The molecule has 1 N–H and O–H groups in total. The van der Waals surface area contributed by atoms with Gasteiger partial charge in [-0.25, -0.2) is 9.59 Å². The molecule has 0 saturated carbocycles. The maximum atomic E-state index is 13.2. The summed E-state index contributed by atoms with van der Waals surface area (Å²) in [5, 5.41) is 4.02. The van der Waals surface area contributed by atoms with Crippen molar-refractivity contribution in [2.45, 2.75) is 46.0 Å². The molecule has 1 fully saturated rings. The predicted octanol–water partition coefficient (Wildman–Crippen LogP) is 2.04. The zero-order valence-electron chi connectivity index (χ0n) is 18.7. The minimum absolute atomic E-state index is 0.152. The second kappa shape index (κ2) is 8.87. The van der Waals surface area contributed by atoms with Gasteiger partial charge in [0, 0.05) is 43.5 Å². The van der Waals surface area contributed by atoms with Crippen molar-refractivity contribution in [2.75, 3.05) is 26.2 Å². The molecule has 3 rings (SSSR count). The number of aromatic amines is 1. The number of nitrogens with one attached hydrogen (secondary N) is 1. The molecule has 13 heteroatoms.